The van der Waals surface area contributed by atoms with E-state index < -0.39 is 0 Å². The van der Waals surface area contributed by atoms with Crippen molar-refractivity contribution < 1.29 is 9.53 Å². The summed E-state index contributed by atoms with van der Waals surface area (Å²) < 4.78 is 5.72. The van der Waals surface area contributed by atoms with E-state index in [9.17, 15) is 4.79 Å². The van der Waals surface area contributed by atoms with Gasteiger partial charge in [-0.2, -0.15) is 0 Å². The first kappa shape index (κ1) is 14.5. The van der Waals surface area contributed by atoms with E-state index in [0.717, 1.165) is 0 Å². The van der Waals surface area contributed by atoms with Crippen molar-refractivity contribution in [1.82, 2.24) is 9.88 Å². The average molecular weight is 327 g/mol. The van der Waals surface area contributed by atoms with E-state index in [2.05, 4.69) is 27.8 Å². The molecule has 0 saturated heterocycles. The predicted molar refractivity (Wildman–Crippen MR) is 77.0 cm³/mol. The highest BCUT2D eigenvalue weighted by Crippen LogP contribution is 2.35. The van der Waals surface area contributed by atoms with Gasteiger partial charge >= 0.3 is 0 Å². The van der Waals surface area contributed by atoms with Crippen LogP contribution in [0.2, 0.25) is 0 Å². The molecule has 1 amide bonds. The molecule has 0 bridgehead atoms. The van der Waals surface area contributed by atoms with Gasteiger partial charge in [-0.1, -0.05) is 0 Å². The molecule has 2 rings (SSSR count). The normalized spacial score (nSPS) is 16.2. The Morgan fingerprint density at radius 3 is 2.95 bits per heavy atom. The van der Waals surface area contributed by atoms with Crippen LogP contribution in [0, 0.1) is 5.92 Å². The average Bonchev–Trinajstić information content (AvgIpc) is 3.23. The van der Waals surface area contributed by atoms with Crippen LogP contribution in [0.5, 0.6) is 0 Å². The molecule has 104 valence electrons. The summed E-state index contributed by atoms with van der Waals surface area (Å²) in [6, 6.07) is 3.85. The summed E-state index contributed by atoms with van der Waals surface area (Å²) in [5.74, 6) is 0.660. The third-order valence-electron chi connectivity index (χ3n) is 3.58. The van der Waals surface area contributed by atoms with Gasteiger partial charge in [0, 0.05) is 25.9 Å². The van der Waals surface area contributed by atoms with Gasteiger partial charge in [0.25, 0.3) is 5.91 Å². The van der Waals surface area contributed by atoms with Crippen molar-refractivity contribution in [3.8, 4) is 0 Å². The third-order valence-corrected chi connectivity index (χ3v) is 4.21. The summed E-state index contributed by atoms with van der Waals surface area (Å²) in [5.41, 5.74) is 0.617. The van der Waals surface area contributed by atoms with E-state index in [4.69, 9.17) is 4.74 Å². The molecular formula is C14H19BrN2O2. The topological polar surface area (TPSA) is 42.4 Å². The summed E-state index contributed by atoms with van der Waals surface area (Å²) in [4.78, 5) is 18.7. The van der Waals surface area contributed by atoms with Crippen molar-refractivity contribution in [1.29, 1.82) is 0 Å². The summed E-state index contributed by atoms with van der Waals surface area (Å²) >= 11 is 3.35. The van der Waals surface area contributed by atoms with Crippen LogP contribution in [0.15, 0.2) is 22.9 Å². The molecule has 1 saturated carbocycles. The van der Waals surface area contributed by atoms with Gasteiger partial charge in [-0.05, 0) is 53.7 Å². The number of halogens is 1. The second kappa shape index (κ2) is 6.48. The molecule has 1 aromatic heterocycles. The Kier molecular flexibility index (Phi) is 4.93. The lowest BCUT2D eigenvalue weighted by Gasteiger charge is -2.29. The number of nitrogens with zero attached hydrogens (tertiary/aromatic N) is 2. The second-order valence-corrected chi connectivity index (χ2v) is 5.66. The maximum atomic E-state index is 12.6. The summed E-state index contributed by atoms with van der Waals surface area (Å²) in [6.45, 7) is 3.30. The number of aromatic nitrogens is 1. The van der Waals surface area contributed by atoms with E-state index in [1.807, 2.05) is 4.90 Å². The van der Waals surface area contributed by atoms with Gasteiger partial charge in [-0.25, -0.2) is 4.98 Å². The van der Waals surface area contributed by atoms with Gasteiger partial charge in [0.05, 0.1) is 12.2 Å². The molecule has 4 nitrogen and oxygen atoms in total. The molecule has 0 spiro atoms. The lowest BCUT2D eigenvalue weighted by molar-refractivity contribution is 0.0593. The molecular weight excluding hydrogens is 308 g/mol. The fourth-order valence-electron chi connectivity index (χ4n) is 2.21. The van der Waals surface area contributed by atoms with Gasteiger partial charge < -0.3 is 9.64 Å². The number of rotatable bonds is 6. The molecule has 1 aromatic rings. The molecule has 1 aliphatic rings. The molecule has 1 atom stereocenters. The zero-order valence-corrected chi connectivity index (χ0v) is 12.9. The first-order valence-electron chi connectivity index (χ1n) is 6.55. The monoisotopic (exact) mass is 326 g/mol. The molecule has 0 radical (unpaired) electrons. The summed E-state index contributed by atoms with van der Waals surface area (Å²) in [6.07, 6.45) is 4.10. The van der Waals surface area contributed by atoms with E-state index >= 15 is 0 Å². The van der Waals surface area contributed by atoms with Crippen molar-refractivity contribution in [2.75, 3.05) is 20.3 Å². The van der Waals surface area contributed by atoms with Crippen LogP contribution in [-0.4, -0.2) is 42.1 Å². The Hall–Kier alpha value is -0.940. The number of methoxy groups -OCH3 is 1. The minimum absolute atomic E-state index is 0.0245. The Morgan fingerprint density at radius 1 is 1.63 bits per heavy atom. The Morgan fingerprint density at radius 2 is 2.37 bits per heavy atom. The zero-order valence-electron chi connectivity index (χ0n) is 11.3. The number of hydrogen-bond acceptors (Lipinski definition) is 3. The number of carbonyl (C=O) groups excluding carboxylic acids is 1. The SMILES string of the molecule is COCCN(C(=O)c1cccnc1Br)C(C)C1CC1. The fraction of sp³-hybridized carbons (Fsp3) is 0.571. The molecule has 0 aromatic carbocycles. The highest BCUT2D eigenvalue weighted by Gasteiger charge is 2.34. The largest absolute Gasteiger partial charge is 0.383 e. The molecule has 19 heavy (non-hydrogen) atoms. The van der Waals surface area contributed by atoms with Crippen LogP contribution in [0.4, 0.5) is 0 Å². The first-order chi connectivity index (χ1) is 9.15. The number of pyridine rings is 1. The zero-order chi connectivity index (χ0) is 13.8. The van der Waals surface area contributed by atoms with E-state index in [1.165, 1.54) is 12.8 Å². The molecule has 1 aliphatic carbocycles. The van der Waals surface area contributed by atoms with Gasteiger partial charge in [0.15, 0.2) is 0 Å². The number of ether oxygens (including phenoxy) is 1. The fourth-order valence-corrected chi connectivity index (χ4v) is 2.63. The van der Waals surface area contributed by atoms with Crippen LogP contribution >= 0.6 is 15.9 Å². The lowest BCUT2D eigenvalue weighted by atomic mass is 10.1. The maximum absolute atomic E-state index is 12.6. The molecule has 0 N–H and O–H groups in total. The summed E-state index contributed by atoms with van der Waals surface area (Å²) in [7, 11) is 1.66. The third kappa shape index (κ3) is 3.54. The summed E-state index contributed by atoms with van der Waals surface area (Å²) in [5, 5.41) is 0. The minimum atomic E-state index is 0.0245. The number of hydrogen-bond donors (Lipinski definition) is 0. The lowest BCUT2D eigenvalue weighted by Crippen LogP contribution is -2.42. The standard InChI is InChI=1S/C14H19BrN2O2/c1-10(11-5-6-11)17(8-9-19-2)14(18)12-4-3-7-16-13(12)15/h3-4,7,10-11H,5-6,8-9H2,1-2H3. The Balaban J connectivity index is 2.17. The molecule has 5 heteroatoms. The Bertz CT molecular complexity index is 449. The molecule has 1 heterocycles. The Labute approximate surface area is 122 Å². The van der Waals surface area contributed by atoms with Crippen LogP contribution in [0.25, 0.3) is 0 Å². The van der Waals surface area contributed by atoms with E-state index in [-0.39, 0.29) is 11.9 Å². The minimum Gasteiger partial charge on any atom is -0.383 e. The number of amides is 1. The highest BCUT2D eigenvalue weighted by atomic mass is 79.9. The maximum Gasteiger partial charge on any atom is 0.256 e. The smallest absolute Gasteiger partial charge is 0.256 e. The van der Waals surface area contributed by atoms with Crippen molar-refractivity contribution in [2.45, 2.75) is 25.8 Å². The van der Waals surface area contributed by atoms with Gasteiger partial charge in [-0.3, -0.25) is 4.79 Å². The van der Waals surface area contributed by atoms with Crippen LogP contribution in [0.3, 0.4) is 0 Å². The second-order valence-electron chi connectivity index (χ2n) is 4.91. The van der Waals surface area contributed by atoms with Crippen molar-refractivity contribution in [2.24, 2.45) is 5.92 Å². The quantitative estimate of drug-likeness (QED) is 0.755. The van der Waals surface area contributed by atoms with Gasteiger partial charge in [0.2, 0.25) is 0 Å². The number of carbonyl (C=O) groups is 1. The van der Waals surface area contributed by atoms with Gasteiger partial charge in [0.1, 0.15) is 4.60 Å². The molecule has 1 unspecified atom stereocenters. The first-order valence-corrected chi connectivity index (χ1v) is 7.35. The molecule has 0 aliphatic heterocycles. The predicted octanol–water partition coefficient (Wildman–Crippen LogP) is 2.73. The van der Waals surface area contributed by atoms with Crippen LogP contribution in [-0.2, 0) is 4.74 Å². The van der Waals surface area contributed by atoms with Gasteiger partial charge in [-0.15, -0.1) is 0 Å². The van der Waals surface area contributed by atoms with Crippen molar-refractivity contribution in [3.63, 3.8) is 0 Å². The highest BCUT2D eigenvalue weighted by molar-refractivity contribution is 9.10. The van der Waals surface area contributed by atoms with Crippen LogP contribution < -0.4 is 0 Å². The van der Waals surface area contributed by atoms with E-state index in [0.29, 0.717) is 29.2 Å². The van der Waals surface area contributed by atoms with Crippen LogP contribution in [0.1, 0.15) is 30.1 Å². The van der Waals surface area contributed by atoms with E-state index in [1.54, 1.807) is 25.4 Å². The van der Waals surface area contributed by atoms with Crippen molar-refractivity contribution in [3.05, 3.63) is 28.5 Å². The van der Waals surface area contributed by atoms with Crippen molar-refractivity contribution >= 4 is 21.8 Å². The molecule has 1 fully saturated rings.